The molecule has 0 radical (unpaired) electrons. The van der Waals surface area contributed by atoms with Crippen LogP contribution in [0.25, 0.3) is 0 Å². The van der Waals surface area contributed by atoms with Gasteiger partial charge in [-0.05, 0) is 19.9 Å². The molecule has 0 spiro atoms. The van der Waals surface area contributed by atoms with Crippen LogP contribution in [-0.2, 0) is 0 Å². The van der Waals surface area contributed by atoms with Crippen LogP contribution in [0.4, 0.5) is 4.39 Å². The number of aliphatic hydroxyl groups is 1. The van der Waals surface area contributed by atoms with E-state index in [-0.39, 0.29) is 12.1 Å². The van der Waals surface area contributed by atoms with Crippen molar-refractivity contribution in [2.75, 3.05) is 6.54 Å². The number of carbonyl (C=O) groups excluding carboxylic acids is 1. The Hall–Kier alpha value is -1.49. The lowest BCUT2D eigenvalue weighted by atomic mass is 10.1. The van der Waals surface area contributed by atoms with E-state index in [4.69, 9.17) is 0 Å². The number of pyridine rings is 1. The van der Waals surface area contributed by atoms with E-state index < -0.39 is 17.5 Å². The number of hydrogen-bond donors (Lipinski definition) is 2. The van der Waals surface area contributed by atoms with Crippen molar-refractivity contribution >= 4 is 5.91 Å². The molecular formula is C10H13FN2O2. The third-order valence-corrected chi connectivity index (χ3v) is 1.67. The Balaban J connectivity index is 2.62. The van der Waals surface area contributed by atoms with E-state index in [1.165, 1.54) is 12.3 Å². The third-order valence-electron chi connectivity index (χ3n) is 1.67. The summed E-state index contributed by atoms with van der Waals surface area (Å²) in [5.41, 5.74) is -0.798. The van der Waals surface area contributed by atoms with E-state index in [2.05, 4.69) is 10.3 Å². The lowest BCUT2D eigenvalue weighted by molar-refractivity contribution is 0.0694. The summed E-state index contributed by atoms with van der Waals surface area (Å²) in [6, 6.07) is 2.45. The van der Waals surface area contributed by atoms with Crippen LogP contribution in [0.15, 0.2) is 18.3 Å². The molecule has 0 aromatic carbocycles. The summed E-state index contributed by atoms with van der Waals surface area (Å²) >= 11 is 0. The van der Waals surface area contributed by atoms with Crippen molar-refractivity contribution in [1.29, 1.82) is 0 Å². The van der Waals surface area contributed by atoms with E-state index in [1.54, 1.807) is 13.8 Å². The molecule has 1 amide bonds. The third kappa shape index (κ3) is 4.03. The van der Waals surface area contributed by atoms with Gasteiger partial charge in [-0.25, -0.2) is 4.98 Å². The first-order valence-corrected chi connectivity index (χ1v) is 4.50. The Morgan fingerprint density at radius 2 is 2.33 bits per heavy atom. The first-order chi connectivity index (χ1) is 6.88. The van der Waals surface area contributed by atoms with E-state index in [0.717, 1.165) is 6.07 Å². The normalized spacial score (nSPS) is 11.2. The zero-order valence-corrected chi connectivity index (χ0v) is 8.62. The van der Waals surface area contributed by atoms with Gasteiger partial charge >= 0.3 is 0 Å². The highest BCUT2D eigenvalue weighted by Crippen LogP contribution is 2.02. The summed E-state index contributed by atoms with van der Waals surface area (Å²) in [5.74, 6) is -1.13. The minimum Gasteiger partial charge on any atom is -0.389 e. The average molecular weight is 212 g/mol. The van der Waals surface area contributed by atoms with E-state index in [0.29, 0.717) is 0 Å². The second-order valence-electron chi connectivity index (χ2n) is 3.86. The largest absolute Gasteiger partial charge is 0.389 e. The van der Waals surface area contributed by atoms with Gasteiger partial charge in [0.25, 0.3) is 5.91 Å². The number of nitrogens with one attached hydrogen (secondary N) is 1. The SMILES string of the molecule is CC(C)(O)CNC(=O)c1ccnc(F)c1. The molecule has 5 heteroatoms. The van der Waals surface area contributed by atoms with Gasteiger partial charge in [-0.3, -0.25) is 4.79 Å². The number of amides is 1. The fourth-order valence-electron chi connectivity index (χ4n) is 0.942. The van der Waals surface area contributed by atoms with Crippen molar-refractivity contribution in [3.63, 3.8) is 0 Å². The highest BCUT2D eigenvalue weighted by Gasteiger charge is 2.14. The molecule has 4 nitrogen and oxygen atoms in total. The minimum absolute atomic E-state index is 0.107. The van der Waals surface area contributed by atoms with Gasteiger partial charge in [0.2, 0.25) is 5.95 Å². The molecule has 1 heterocycles. The molecule has 1 rings (SSSR count). The van der Waals surface area contributed by atoms with Crippen LogP contribution >= 0.6 is 0 Å². The van der Waals surface area contributed by atoms with Crippen molar-refractivity contribution in [2.24, 2.45) is 0 Å². The Bertz CT molecular complexity index is 361. The summed E-state index contributed by atoms with van der Waals surface area (Å²) in [6.07, 6.45) is 1.22. The monoisotopic (exact) mass is 212 g/mol. The molecule has 82 valence electrons. The summed E-state index contributed by atoms with van der Waals surface area (Å²) in [6.45, 7) is 3.25. The molecule has 0 aliphatic rings. The van der Waals surface area contributed by atoms with Crippen LogP contribution < -0.4 is 5.32 Å². The van der Waals surface area contributed by atoms with Crippen LogP contribution in [0.2, 0.25) is 0 Å². The van der Waals surface area contributed by atoms with Gasteiger partial charge in [0.05, 0.1) is 5.60 Å². The summed E-state index contributed by atoms with van der Waals surface area (Å²) < 4.78 is 12.7. The Morgan fingerprint density at radius 3 is 2.87 bits per heavy atom. The molecule has 15 heavy (non-hydrogen) atoms. The topological polar surface area (TPSA) is 62.2 Å². The molecule has 0 unspecified atom stereocenters. The number of hydrogen-bond acceptors (Lipinski definition) is 3. The molecule has 1 aromatic heterocycles. The Morgan fingerprint density at radius 1 is 1.67 bits per heavy atom. The molecule has 0 atom stereocenters. The lowest BCUT2D eigenvalue weighted by Crippen LogP contribution is -2.38. The maximum Gasteiger partial charge on any atom is 0.251 e. The van der Waals surface area contributed by atoms with Crippen LogP contribution in [0.3, 0.4) is 0 Å². The number of halogens is 1. The quantitative estimate of drug-likeness (QED) is 0.726. The van der Waals surface area contributed by atoms with Gasteiger partial charge in [0, 0.05) is 24.4 Å². The van der Waals surface area contributed by atoms with Gasteiger partial charge in [-0.2, -0.15) is 4.39 Å². The van der Waals surface area contributed by atoms with Gasteiger partial charge in [-0.1, -0.05) is 0 Å². The fraction of sp³-hybridized carbons (Fsp3) is 0.400. The predicted octanol–water partition coefficient (Wildman–Crippen LogP) is 0.721. The molecule has 2 N–H and O–H groups in total. The Kier molecular flexibility index (Phi) is 3.36. The first-order valence-electron chi connectivity index (χ1n) is 4.50. The van der Waals surface area contributed by atoms with Crippen LogP contribution in [0.1, 0.15) is 24.2 Å². The summed E-state index contributed by atoms with van der Waals surface area (Å²) in [4.78, 5) is 14.8. The molecule has 0 aliphatic carbocycles. The summed E-state index contributed by atoms with van der Waals surface area (Å²) in [7, 11) is 0. The smallest absolute Gasteiger partial charge is 0.251 e. The maximum absolute atomic E-state index is 12.7. The van der Waals surface area contributed by atoms with Crippen LogP contribution in [-0.4, -0.2) is 28.1 Å². The summed E-state index contributed by atoms with van der Waals surface area (Å²) in [5, 5.41) is 11.8. The van der Waals surface area contributed by atoms with Crippen LogP contribution in [0, 0.1) is 5.95 Å². The van der Waals surface area contributed by atoms with Gasteiger partial charge < -0.3 is 10.4 Å². The lowest BCUT2D eigenvalue weighted by Gasteiger charge is -2.17. The molecule has 0 saturated carbocycles. The first kappa shape index (κ1) is 11.6. The second-order valence-corrected chi connectivity index (χ2v) is 3.86. The highest BCUT2D eigenvalue weighted by atomic mass is 19.1. The number of carbonyl (C=O) groups is 1. The number of rotatable bonds is 3. The van der Waals surface area contributed by atoms with Gasteiger partial charge in [0.15, 0.2) is 0 Å². The minimum atomic E-state index is -0.985. The van der Waals surface area contributed by atoms with Crippen LogP contribution in [0.5, 0.6) is 0 Å². The van der Waals surface area contributed by atoms with Crippen molar-refractivity contribution in [3.05, 3.63) is 29.8 Å². The Labute approximate surface area is 87.1 Å². The van der Waals surface area contributed by atoms with Gasteiger partial charge in [0.1, 0.15) is 0 Å². The van der Waals surface area contributed by atoms with Crippen molar-refractivity contribution in [3.8, 4) is 0 Å². The maximum atomic E-state index is 12.7. The number of aromatic nitrogens is 1. The van der Waals surface area contributed by atoms with Crippen molar-refractivity contribution in [2.45, 2.75) is 19.4 Å². The molecule has 0 bridgehead atoms. The van der Waals surface area contributed by atoms with E-state index in [9.17, 15) is 14.3 Å². The molecular weight excluding hydrogens is 199 g/mol. The molecule has 1 aromatic rings. The van der Waals surface area contributed by atoms with Crippen molar-refractivity contribution in [1.82, 2.24) is 10.3 Å². The number of nitrogens with zero attached hydrogens (tertiary/aromatic N) is 1. The zero-order chi connectivity index (χ0) is 11.5. The molecule has 0 saturated heterocycles. The highest BCUT2D eigenvalue weighted by molar-refractivity contribution is 5.94. The molecule has 0 aliphatic heterocycles. The van der Waals surface area contributed by atoms with E-state index in [1.807, 2.05) is 0 Å². The molecule has 0 fully saturated rings. The van der Waals surface area contributed by atoms with Gasteiger partial charge in [-0.15, -0.1) is 0 Å². The standard InChI is InChI=1S/C10H13FN2O2/c1-10(2,15)6-13-9(14)7-3-4-12-8(11)5-7/h3-5,15H,6H2,1-2H3,(H,13,14). The van der Waals surface area contributed by atoms with E-state index >= 15 is 0 Å². The average Bonchev–Trinajstić information content (AvgIpc) is 2.13. The fourth-order valence-corrected chi connectivity index (χ4v) is 0.942. The predicted molar refractivity (Wildman–Crippen MR) is 52.8 cm³/mol. The zero-order valence-electron chi connectivity index (χ0n) is 8.62. The van der Waals surface area contributed by atoms with Crippen molar-refractivity contribution < 1.29 is 14.3 Å². The second kappa shape index (κ2) is 4.35.